The molecule has 1 N–H and O–H groups in total. The van der Waals surface area contributed by atoms with Gasteiger partial charge in [0.1, 0.15) is 0 Å². The summed E-state index contributed by atoms with van der Waals surface area (Å²) < 4.78 is 3.10. The molecule has 0 bridgehead atoms. The van der Waals surface area contributed by atoms with E-state index in [1.807, 2.05) is 19.3 Å². The standard InChI is InChI=1S/C12H16BrN5/c1-9-4-11(16-15-9)7-17-3-2-12(8-17)18-6-10(13)5-14-18/h4-6,12H,2-3,7-8H2,1H3,(H,15,16). The topological polar surface area (TPSA) is 49.7 Å². The number of halogens is 1. The van der Waals surface area contributed by atoms with Crippen molar-refractivity contribution >= 4 is 15.9 Å². The fourth-order valence-electron chi connectivity index (χ4n) is 2.47. The lowest BCUT2D eigenvalue weighted by atomic mass is 10.3. The predicted molar refractivity (Wildman–Crippen MR) is 72.2 cm³/mol. The fraction of sp³-hybridized carbons (Fsp3) is 0.500. The number of hydrogen-bond donors (Lipinski definition) is 1. The van der Waals surface area contributed by atoms with Gasteiger partial charge in [0.2, 0.25) is 0 Å². The molecule has 5 nitrogen and oxygen atoms in total. The van der Waals surface area contributed by atoms with Crippen LogP contribution in [0.25, 0.3) is 0 Å². The number of H-pyrrole nitrogens is 1. The van der Waals surface area contributed by atoms with Crippen molar-refractivity contribution in [1.82, 2.24) is 24.9 Å². The van der Waals surface area contributed by atoms with Crippen LogP contribution in [0.15, 0.2) is 22.9 Å². The van der Waals surface area contributed by atoms with Gasteiger partial charge in [0.05, 0.1) is 22.4 Å². The Kier molecular flexibility index (Phi) is 3.22. The number of aromatic nitrogens is 4. The number of nitrogens with zero attached hydrogens (tertiary/aromatic N) is 4. The molecule has 0 spiro atoms. The Labute approximate surface area is 114 Å². The molecule has 3 heterocycles. The molecule has 1 fully saturated rings. The number of rotatable bonds is 3. The van der Waals surface area contributed by atoms with Crippen LogP contribution in [0.5, 0.6) is 0 Å². The summed E-state index contributed by atoms with van der Waals surface area (Å²) in [7, 11) is 0. The monoisotopic (exact) mass is 309 g/mol. The zero-order chi connectivity index (χ0) is 12.5. The minimum Gasteiger partial charge on any atom is -0.295 e. The van der Waals surface area contributed by atoms with Crippen molar-refractivity contribution in [1.29, 1.82) is 0 Å². The van der Waals surface area contributed by atoms with Crippen molar-refractivity contribution in [3.8, 4) is 0 Å². The molecule has 6 heteroatoms. The number of likely N-dealkylation sites (tertiary alicyclic amines) is 1. The van der Waals surface area contributed by atoms with Crippen molar-refractivity contribution in [3.05, 3.63) is 34.3 Å². The second kappa shape index (κ2) is 4.85. The van der Waals surface area contributed by atoms with Gasteiger partial charge in [0.15, 0.2) is 0 Å². The highest BCUT2D eigenvalue weighted by atomic mass is 79.9. The average molecular weight is 310 g/mol. The molecule has 0 aliphatic carbocycles. The molecular weight excluding hydrogens is 294 g/mol. The Balaban J connectivity index is 1.61. The van der Waals surface area contributed by atoms with E-state index in [0.717, 1.165) is 41.9 Å². The van der Waals surface area contributed by atoms with Crippen LogP contribution in [0.4, 0.5) is 0 Å². The smallest absolute Gasteiger partial charge is 0.0765 e. The van der Waals surface area contributed by atoms with Crippen LogP contribution in [-0.4, -0.2) is 38.0 Å². The van der Waals surface area contributed by atoms with E-state index in [1.54, 1.807) is 0 Å². The van der Waals surface area contributed by atoms with E-state index < -0.39 is 0 Å². The molecule has 0 aromatic carbocycles. The Bertz CT molecular complexity index is 532. The first-order valence-corrected chi connectivity index (χ1v) is 6.93. The SMILES string of the molecule is Cc1cc(CN2CCC(n3cc(Br)cn3)C2)n[nH]1. The van der Waals surface area contributed by atoms with E-state index in [-0.39, 0.29) is 0 Å². The molecule has 18 heavy (non-hydrogen) atoms. The quantitative estimate of drug-likeness (QED) is 0.945. The summed E-state index contributed by atoms with van der Waals surface area (Å²) in [6.45, 7) is 5.10. The van der Waals surface area contributed by atoms with Gasteiger partial charge in [0.25, 0.3) is 0 Å². The van der Waals surface area contributed by atoms with Gasteiger partial charge in [-0.3, -0.25) is 14.7 Å². The summed E-state index contributed by atoms with van der Waals surface area (Å²) in [4.78, 5) is 2.43. The van der Waals surface area contributed by atoms with Gasteiger partial charge < -0.3 is 0 Å². The summed E-state index contributed by atoms with van der Waals surface area (Å²) in [6.07, 6.45) is 5.05. The minimum absolute atomic E-state index is 0.483. The molecule has 0 amide bonds. The Morgan fingerprint density at radius 2 is 2.44 bits per heavy atom. The highest BCUT2D eigenvalue weighted by molar-refractivity contribution is 9.10. The lowest BCUT2D eigenvalue weighted by Crippen LogP contribution is -2.21. The van der Waals surface area contributed by atoms with Gasteiger partial charge in [-0.05, 0) is 35.3 Å². The molecule has 1 aliphatic heterocycles. The normalized spacial score (nSPS) is 20.7. The molecule has 1 atom stereocenters. The van der Waals surface area contributed by atoms with E-state index in [0.29, 0.717) is 6.04 Å². The largest absolute Gasteiger partial charge is 0.295 e. The van der Waals surface area contributed by atoms with Crippen molar-refractivity contribution in [3.63, 3.8) is 0 Å². The van der Waals surface area contributed by atoms with Crippen LogP contribution in [0.3, 0.4) is 0 Å². The summed E-state index contributed by atoms with van der Waals surface area (Å²) in [5.41, 5.74) is 2.24. The number of nitrogens with one attached hydrogen (secondary N) is 1. The Morgan fingerprint density at radius 3 is 3.11 bits per heavy atom. The predicted octanol–water partition coefficient (Wildman–Crippen LogP) is 2.12. The third-order valence-corrected chi connectivity index (χ3v) is 3.75. The average Bonchev–Trinajstić information content (AvgIpc) is 3.01. The highest BCUT2D eigenvalue weighted by Gasteiger charge is 2.24. The third-order valence-electron chi connectivity index (χ3n) is 3.34. The zero-order valence-electron chi connectivity index (χ0n) is 10.3. The van der Waals surface area contributed by atoms with Gasteiger partial charge in [-0.1, -0.05) is 0 Å². The van der Waals surface area contributed by atoms with Crippen LogP contribution in [0.2, 0.25) is 0 Å². The zero-order valence-corrected chi connectivity index (χ0v) is 11.9. The Hall–Kier alpha value is -1.14. The molecule has 1 aliphatic rings. The van der Waals surface area contributed by atoms with E-state index in [9.17, 15) is 0 Å². The Morgan fingerprint density at radius 1 is 1.56 bits per heavy atom. The van der Waals surface area contributed by atoms with Gasteiger partial charge in [0, 0.05) is 31.5 Å². The summed E-state index contributed by atoms with van der Waals surface area (Å²) >= 11 is 3.44. The molecule has 2 aromatic heterocycles. The van der Waals surface area contributed by atoms with E-state index >= 15 is 0 Å². The number of aryl methyl sites for hydroxylation is 1. The first-order valence-electron chi connectivity index (χ1n) is 6.13. The van der Waals surface area contributed by atoms with Gasteiger partial charge in [-0.2, -0.15) is 10.2 Å². The minimum atomic E-state index is 0.483. The lowest BCUT2D eigenvalue weighted by molar-refractivity contribution is 0.308. The molecule has 0 radical (unpaired) electrons. The first kappa shape index (κ1) is 11.9. The molecule has 2 aromatic rings. The second-order valence-electron chi connectivity index (χ2n) is 4.86. The fourth-order valence-corrected chi connectivity index (χ4v) is 2.77. The summed E-state index contributed by atoms with van der Waals surface area (Å²) in [5.74, 6) is 0. The number of hydrogen-bond acceptors (Lipinski definition) is 3. The van der Waals surface area contributed by atoms with E-state index in [2.05, 4.69) is 46.9 Å². The van der Waals surface area contributed by atoms with Crippen molar-refractivity contribution in [2.45, 2.75) is 25.9 Å². The van der Waals surface area contributed by atoms with Crippen LogP contribution in [0, 0.1) is 6.92 Å². The van der Waals surface area contributed by atoms with E-state index in [1.165, 1.54) is 0 Å². The van der Waals surface area contributed by atoms with Crippen LogP contribution in [-0.2, 0) is 6.54 Å². The van der Waals surface area contributed by atoms with Gasteiger partial charge in [-0.15, -0.1) is 0 Å². The van der Waals surface area contributed by atoms with Crippen LogP contribution < -0.4 is 0 Å². The van der Waals surface area contributed by atoms with Crippen LogP contribution in [0.1, 0.15) is 23.9 Å². The summed E-state index contributed by atoms with van der Waals surface area (Å²) in [5, 5.41) is 11.6. The van der Waals surface area contributed by atoms with Crippen molar-refractivity contribution < 1.29 is 0 Å². The first-order chi connectivity index (χ1) is 8.70. The molecule has 0 saturated carbocycles. The van der Waals surface area contributed by atoms with Crippen molar-refractivity contribution in [2.24, 2.45) is 0 Å². The molecule has 96 valence electrons. The molecular formula is C12H16BrN5. The van der Waals surface area contributed by atoms with Gasteiger partial charge in [-0.25, -0.2) is 0 Å². The highest BCUT2D eigenvalue weighted by Crippen LogP contribution is 2.23. The van der Waals surface area contributed by atoms with E-state index in [4.69, 9.17) is 0 Å². The maximum atomic E-state index is 4.36. The third kappa shape index (κ3) is 2.49. The maximum Gasteiger partial charge on any atom is 0.0765 e. The van der Waals surface area contributed by atoms with Crippen molar-refractivity contribution in [2.75, 3.05) is 13.1 Å². The van der Waals surface area contributed by atoms with Gasteiger partial charge >= 0.3 is 0 Å². The second-order valence-corrected chi connectivity index (χ2v) is 5.77. The summed E-state index contributed by atoms with van der Waals surface area (Å²) in [6, 6.07) is 2.59. The molecule has 3 rings (SSSR count). The molecule has 1 saturated heterocycles. The molecule has 1 unspecified atom stereocenters. The van der Waals surface area contributed by atoms with Crippen LogP contribution >= 0.6 is 15.9 Å². The lowest BCUT2D eigenvalue weighted by Gasteiger charge is -2.14. The number of aromatic amines is 1. The maximum absolute atomic E-state index is 4.36.